The van der Waals surface area contributed by atoms with Crippen LogP contribution in [0.4, 0.5) is 17.6 Å². The predicted molar refractivity (Wildman–Crippen MR) is 61.7 cm³/mol. The minimum absolute atomic E-state index is 0.105. The lowest BCUT2D eigenvalue weighted by Gasteiger charge is -2.22. The van der Waals surface area contributed by atoms with Crippen LogP contribution in [-0.2, 0) is 0 Å². The zero-order valence-electron chi connectivity index (χ0n) is 9.39. The van der Waals surface area contributed by atoms with Gasteiger partial charge in [-0.25, -0.2) is 4.39 Å². The molecule has 0 unspecified atom stereocenters. The van der Waals surface area contributed by atoms with Crippen LogP contribution >= 0.6 is 15.9 Å². The van der Waals surface area contributed by atoms with E-state index in [1.165, 1.54) is 13.0 Å². The number of amides is 1. The Morgan fingerprint density at radius 2 is 1.94 bits per heavy atom. The molecule has 0 atom stereocenters. The molecule has 100 valence electrons. The first kappa shape index (κ1) is 14.9. The average molecular weight is 328 g/mol. The number of halogens is 5. The summed E-state index contributed by atoms with van der Waals surface area (Å²) in [6, 6.07) is 3.31. The Hall–Kier alpha value is -1.11. The van der Waals surface area contributed by atoms with Crippen molar-refractivity contribution in [3.8, 4) is 0 Å². The van der Waals surface area contributed by atoms with E-state index in [2.05, 4.69) is 15.9 Å². The van der Waals surface area contributed by atoms with E-state index in [1.54, 1.807) is 0 Å². The van der Waals surface area contributed by atoms with Crippen LogP contribution in [0.3, 0.4) is 0 Å². The Morgan fingerprint density at radius 3 is 2.39 bits per heavy atom. The van der Waals surface area contributed by atoms with E-state index in [-0.39, 0.29) is 12.1 Å². The van der Waals surface area contributed by atoms with Crippen molar-refractivity contribution in [2.24, 2.45) is 0 Å². The smallest absolute Gasteiger partial charge is 0.330 e. The molecular weight excluding hydrogens is 318 g/mol. The van der Waals surface area contributed by atoms with Crippen molar-refractivity contribution in [2.45, 2.75) is 13.1 Å². The highest BCUT2D eigenvalue weighted by Crippen LogP contribution is 2.20. The molecule has 2 nitrogen and oxygen atoms in total. The zero-order valence-corrected chi connectivity index (χ0v) is 11.0. The first-order valence-corrected chi connectivity index (χ1v) is 5.84. The van der Waals surface area contributed by atoms with Crippen LogP contribution in [0.1, 0.15) is 17.3 Å². The molecule has 1 rings (SSSR count). The largest absolute Gasteiger partial charge is 0.406 e. The molecule has 18 heavy (non-hydrogen) atoms. The summed E-state index contributed by atoms with van der Waals surface area (Å²) in [4.78, 5) is 12.4. The fourth-order valence-corrected chi connectivity index (χ4v) is 1.87. The predicted octanol–water partition coefficient (Wildman–Crippen LogP) is 3.61. The van der Waals surface area contributed by atoms with Crippen molar-refractivity contribution in [3.63, 3.8) is 0 Å². The Bertz CT molecular complexity index is 427. The minimum atomic E-state index is -4.48. The molecule has 1 amide bonds. The summed E-state index contributed by atoms with van der Waals surface area (Å²) in [5, 5.41) is 0. The summed E-state index contributed by atoms with van der Waals surface area (Å²) in [7, 11) is 0. The van der Waals surface area contributed by atoms with Crippen molar-refractivity contribution in [2.75, 3.05) is 13.1 Å². The second-order valence-corrected chi connectivity index (χ2v) is 4.51. The summed E-state index contributed by atoms with van der Waals surface area (Å²) in [6.07, 6.45) is -4.48. The summed E-state index contributed by atoms with van der Waals surface area (Å²) in [5.74, 6) is -1.54. The molecule has 0 heterocycles. The van der Waals surface area contributed by atoms with E-state index >= 15 is 0 Å². The number of carbonyl (C=O) groups is 1. The van der Waals surface area contributed by atoms with Gasteiger partial charge in [-0.1, -0.05) is 15.9 Å². The lowest BCUT2D eigenvalue weighted by atomic mass is 10.2. The maximum Gasteiger partial charge on any atom is 0.406 e. The third kappa shape index (κ3) is 4.29. The first-order valence-electron chi connectivity index (χ1n) is 5.05. The third-order valence-electron chi connectivity index (χ3n) is 2.15. The van der Waals surface area contributed by atoms with Gasteiger partial charge >= 0.3 is 6.18 Å². The second kappa shape index (κ2) is 5.69. The van der Waals surface area contributed by atoms with E-state index in [0.717, 1.165) is 12.1 Å². The number of hydrogen-bond acceptors (Lipinski definition) is 1. The maximum absolute atomic E-state index is 13.1. The monoisotopic (exact) mass is 327 g/mol. The Labute approximate surface area is 110 Å². The van der Waals surface area contributed by atoms with Gasteiger partial charge in [-0.15, -0.1) is 0 Å². The molecule has 1 aromatic carbocycles. The second-order valence-electron chi connectivity index (χ2n) is 3.59. The van der Waals surface area contributed by atoms with Crippen LogP contribution in [0.25, 0.3) is 0 Å². The first-order chi connectivity index (χ1) is 8.23. The third-order valence-corrected chi connectivity index (χ3v) is 2.61. The lowest BCUT2D eigenvalue weighted by Crippen LogP contribution is -2.38. The highest BCUT2D eigenvalue weighted by Gasteiger charge is 2.32. The molecular formula is C11H10BrF4NO. The molecule has 0 fully saturated rings. The summed E-state index contributed by atoms with van der Waals surface area (Å²) >= 11 is 2.98. The van der Waals surface area contributed by atoms with Crippen LogP contribution in [-0.4, -0.2) is 30.1 Å². The lowest BCUT2D eigenvalue weighted by molar-refractivity contribution is -0.140. The van der Waals surface area contributed by atoms with Gasteiger partial charge < -0.3 is 4.90 Å². The van der Waals surface area contributed by atoms with Gasteiger partial charge in [0, 0.05) is 16.6 Å². The van der Waals surface area contributed by atoms with Gasteiger partial charge in [0.2, 0.25) is 0 Å². The van der Waals surface area contributed by atoms with E-state index < -0.39 is 24.4 Å². The molecule has 0 saturated heterocycles. The van der Waals surface area contributed by atoms with E-state index in [1.807, 2.05) is 0 Å². The van der Waals surface area contributed by atoms with Crippen molar-refractivity contribution in [1.82, 2.24) is 4.90 Å². The Morgan fingerprint density at radius 1 is 1.33 bits per heavy atom. The fourth-order valence-electron chi connectivity index (χ4n) is 1.40. The number of alkyl halides is 3. The molecule has 0 bridgehead atoms. The van der Waals surface area contributed by atoms with Crippen molar-refractivity contribution < 1.29 is 22.4 Å². The quantitative estimate of drug-likeness (QED) is 0.776. The topological polar surface area (TPSA) is 20.3 Å². The maximum atomic E-state index is 13.1. The molecule has 0 aliphatic rings. The fraction of sp³-hybridized carbons (Fsp3) is 0.364. The number of nitrogens with zero attached hydrogens (tertiary/aromatic N) is 1. The van der Waals surface area contributed by atoms with Crippen LogP contribution in [0.2, 0.25) is 0 Å². The van der Waals surface area contributed by atoms with Gasteiger partial charge in [0.25, 0.3) is 5.91 Å². The van der Waals surface area contributed by atoms with Crippen LogP contribution in [0.15, 0.2) is 22.7 Å². The Kier molecular flexibility index (Phi) is 4.72. The van der Waals surface area contributed by atoms with E-state index in [9.17, 15) is 22.4 Å². The van der Waals surface area contributed by atoms with Crippen molar-refractivity contribution in [3.05, 3.63) is 34.1 Å². The van der Waals surface area contributed by atoms with Crippen LogP contribution in [0, 0.1) is 5.82 Å². The molecule has 0 aliphatic heterocycles. The molecule has 0 saturated carbocycles. The molecule has 1 aromatic rings. The molecule has 7 heteroatoms. The summed E-state index contributed by atoms with van der Waals surface area (Å²) in [5.41, 5.74) is -0.118. The molecule has 0 N–H and O–H groups in total. The average Bonchev–Trinajstić information content (AvgIpc) is 2.22. The molecule has 0 aromatic heterocycles. The number of benzene rings is 1. The standard InChI is InChI=1S/C11H10BrF4NO/c1-2-17(6-11(14,15)16)10(18)7-3-8(12)5-9(13)4-7/h3-5H,2,6H2,1H3. The number of hydrogen-bond donors (Lipinski definition) is 0. The van der Waals surface area contributed by atoms with E-state index in [0.29, 0.717) is 9.37 Å². The van der Waals surface area contributed by atoms with Gasteiger partial charge in [0.05, 0.1) is 0 Å². The Balaban J connectivity index is 2.96. The molecule has 0 spiro atoms. The van der Waals surface area contributed by atoms with Crippen molar-refractivity contribution >= 4 is 21.8 Å². The summed E-state index contributed by atoms with van der Waals surface area (Å²) in [6.45, 7) is -0.0269. The minimum Gasteiger partial charge on any atom is -0.330 e. The highest BCUT2D eigenvalue weighted by molar-refractivity contribution is 9.10. The normalized spacial score (nSPS) is 11.4. The van der Waals surface area contributed by atoms with Gasteiger partial charge in [-0.2, -0.15) is 13.2 Å². The van der Waals surface area contributed by atoms with E-state index in [4.69, 9.17) is 0 Å². The molecule has 0 aliphatic carbocycles. The summed E-state index contributed by atoms with van der Waals surface area (Å²) < 4.78 is 50.1. The number of carbonyl (C=O) groups excluding carboxylic acids is 1. The van der Waals surface area contributed by atoms with Crippen molar-refractivity contribution in [1.29, 1.82) is 0 Å². The van der Waals surface area contributed by atoms with Gasteiger partial charge in [0.1, 0.15) is 12.4 Å². The molecule has 0 radical (unpaired) electrons. The zero-order chi connectivity index (χ0) is 13.9. The van der Waals surface area contributed by atoms with Crippen LogP contribution < -0.4 is 0 Å². The van der Waals surface area contributed by atoms with Gasteiger partial charge in [0.15, 0.2) is 0 Å². The van der Waals surface area contributed by atoms with Gasteiger partial charge in [-0.05, 0) is 25.1 Å². The van der Waals surface area contributed by atoms with Gasteiger partial charge in [-0.3, -0.25) is 4.79 Å². The van der Waals surface area contributed by atoms with Crippen LogP contribution in [0.5, 0.6) is 0 Å². The number of rotatable bonds is 3. The highest BCUT2D eigenvalue weighted by atomic mass is 79.9. The SMILES string of the molecule is CCN(CC(F)(F)F)C(=O)c1cc(F)cc(Br)c1.